The lowest BCUT2D eigenvalue weighted by Gasteiger charge is -2.29. The molecule has 0 aromatic heterocycles. The zero-order valence-electron chi connectivity index (χ0n) is 11.5. The number of ether oxygens (including phenoxy) is 1. The van der Waals surface area contributed by atoms with E-state index in [-0.39, 0.29) is 24.4 Å². The zero-order valence-corrected chi connectivity index (χ0v) is 12.3. The number of amides is 1. The Labute approximate surface area is 126 Å². The van der Waals surface area contributed by atoms with Crippen LogP contribution in [0.1, 0.15) is 5.56 Å². The van der Waals surface area contributed by atoms with Crippen LogP contribution in [0, 0.1) is 0 Å². The number of hydrogen-bond acceptors (Lipinski definition) is 3. The summed E-state index contributed by atoms with van der Waals surface area (Å²) >= 11 is 0. The molecule has 1 saturated heterocycles. The van der Waals surface area contributed by atoms with Gasteiger partial charge in [-0.2, -0.15) is 0 Å². The fraction of sp³-hybridized carbons (Fsp3) is 0.400. The molecule has 0 radical (unpaired) electrons. The van der Waals surface area contributed by atoms with Gasteiger partial charge < -0.3 is 15.0 Å². The number of hydrogen-bond donors (Lipinski definition) is 1. The number of carbonyl (C=O) groups is 1. The highest BCUT2D eigenvalue weighted by molar-refractivity contribution is 5.85. The van der Waals surface area contributed by atoms with Crippen molar-refractivity contribution in [3.05, 3.63) is 48.6 Å². The Morgan fingerprint density at radius 1 is 1.45 bits per heavy atom. The first kappa shape index (κ1) is 16.7. The normalized spacial score (nSPS) is 17.9. The SMILES string of the molecule is C=CCN(Cc1ccccc1)C(=O)C1CNCCO1.Cl. The Balaban J connectivity index is 0.00000200. The van der Waals surface area contributed by atoms with Gasteiger partial charge in [-0.1, -0.05) is 36.4 Å². The molecule has 0 spiro atoms. The fourth-order valence-corrected chi connectivity index (χ4v) is 2.12. The van der Waals surface area contributed by atoms with Crippen LogP contribution in [0.25, 0.3) is 0 Å². The van der Waals surface area contributed by atoms with Crippen LogP contribution in [0.3, 0.4) is 0 Å². The van der Waals surface area contributed by atoms with Crippen molar-refractivity contribution in [2.75, 3.05) is 26.2 Å². The third-order valence-electron chi connectivity index (χ3n) is 3.08. The van der Waals surface area contributed by atoms with Gasteiger partial charge in [-0.25, -0.2) is 0 Å². The minimum Gasteiger partial charge on any atom is -0.366 e. The molecule has 1 fully saturated rings. The van der Waals surface area contributed by atoms with Gasteiger partial charge >= 0.3 is 0 Å². The fourth-order valence-electron chi connectivity index (χ4n) is 2.12. The van der Waals surface area contributed by atoms with E-state index in [2.05, 4.69) is 11.9 Å². The van der Waals surface area contributed by atoms with Crippen LogP contribution in [0.5, 0.6) is 0 Å². The van der Waals surface area contributed by atoms with Crippen LogP contribution >= 0.6 is 12.4 Å². The molecule has 1 aromatic carbocycles. The van der Waals surface area contributed by atoms with Crippen molar-refractivity contribution in [1.82, 2.24) is 10.2 Å². The van der Waals surface area contributed by atoms with Crippen molar-refractivity contribution in [3.63, 3.8) is 0 Å². The lowest BCUT2D eigenvalue weighted by molar-refractivity contribution is -0.145. The molecule has 0 aliphatic carbocycles. The number of halogens is 1. The minimum absolute atomic E-state index is 0. The summed E-state index contributed by atoms with van der Waals surface area (Å²) in [6, 6.07) is 9.96. The quantitative estimate of drug-likeness (QED) is 0.840. The second-order valence-corrected chi connectivity index (χ2v) is 4.56. The van der Waals surface area contributed by atoms with Gasteiger partial charge in [0, 0.05) is 26.2 Å². The summed E-state index contributed by atoms with van der Waals surface area (Å²) in [6.45, 7) is 6.82. The molecule has 1 unspecified atom stereocenters. The lowest BCUT2D eigenvalue weighted by Crippen LogP contribution is -2.49. The van der Waals surface area contributed by atoms with Crippen LogP contribution in [-0.2, 0) is 16.1 Å². The van der Waals surface area contributed by atoms with E-state index in [1.54, 1.807) is 11.0 Å². The van der Waals surface area contributed by atoms with Crippen LogP contribution in [0.4, 0.5) is 0 Å². The van der Waals surface area contributed by atoms with Gasteiger partial charge in [0.25, 0.3) is 5.91 Å². The number of carbonyl (C=O) groups excluding carboxylic acids is 1. The van der Waals surface area contributed by atoms with E-state index in [4.69, 9.17) is 4.74 Å². The second kappa shape index (κ2) is 8.74. The third-order valence-corrected chi connectivity index (χ3v) is 3.08. The van der Waals surface area contributed by atoms with Crippen LogP contribution < -0.4 is 5.32 Å². The van der Waals surface area contributed by atoms with Crippen molar-refractivity contribution in [3.8, 4) is 0 Å². The van der Waals surface area contributed by atoms with Crippen molar-refractivity contribution in [2.45, 2.75) is 12.6 Å². The summed E-state index contributed by atoms with van der Waals surface area (Å²) in [5, 5.41) is 3.18. The van der Waals surface area contributed by atoms with Gasteiger partial charge in [0.2, 0.25) is 0 Å². The minimum atomic E-state index is -0.377. The summed E-state index contributed by atoms with van der Waals surface area (Å²) in [6.07, 6.45) is 1.37. The molecule has 0 saturated carbocycles. The Morgan fingerprint density at radius 3 is 2.80 bits per heavy atom. The first-order valence-corrected chi connectivity index (χ1v) is 6.57. The highest BCUT2D eigenvalue weighted by Gasteiger charge is 2.26. The van der Waals surface area contributed by atoms with Gasteiger partial charge in [0.1, 0.15) is 6.10 Å². The first-order valence-electron chi connectivity index (χ1n) is 6.57. The molecular formula is C15H21ClN2O2. The highest BCUT2D eigenvalue weighted by Crippen LogP contribution is 2.09. The Kier molecular flexibility index (Phi) is 7.30. The van der Waals surface area contributed by atoms with Crippen molar-refractivity contribution in [2.24, 2.45) is 0 Å². The number of morpholine rings is 1. The molecule has 1 aromatic rings. The molecule has 2 rings (SSSR count). The summed E-state index contributed by atoms with van der Waals surface area (Å²) in [7, 11) is 0. The van der Waals surface area contributed by atoms with Gasteiger partial charge in [0.05, 0.1) is 6.61 Å². The molecule has 1 heterocycles. The summed E-state index contributed by atoms with van der Waals surface area (Å²) in [5.74, 6) is 0.0240. The molecule has 1 N–H and O–H groups in total. The van der Waals surface area contributed by atoms with E-state index in [0.717, 1.165) is 12.1 Å². The predicted octanol–water partition coefficient (Wildman–Crippen LogP) is 1.61. The molecule has 1 aliphatic heterocycles. The topological polar surface area (TPSA) is 41.6 Å². The van der Waals surface area contributed by atoms with E-state index in [1.807, 2.05) is 30.3 Å². The maximum absolute atomic E-state index is 12.4. The number of nitrogens with one attached hydrogen (secondary N) is 1. The predicted molar refractivity (Wildman–Crippen MR) is 81.9 cm³/mol. The average molecular weight is 297 g/mol. The summed E-state index contributed by atoms with van der Waals surface area (Å²) < 4.78 is 5.52. The maximum atomic E-state index is 12.4. The summed E-state index contributed by atoms with van der Waals surface area (Å²) in [4.78, 5) is 14.2. The van der Waals surface area contributed by atoms with E-state index < -0.39 is 0 Å². The van der Waals surface area contributed by atoms with Gasteiger partial charge in [-0.3, -0.25) is 4.79 Å². The van der Waals surface area contributed by atoms with Gasteiger partial charge in [-0.05, 0) is 5.56 Å². The average Bonchev–Trinajstić information content (AvgIpc) is 2.48. The monoisotopic (exact) mass is 296 g/mol. The largest absolute Gasteiger partial charge is 0.366 e. The molecule has 4 nitrogen and oxygen atoms in total. The number of rotatable bonds is 5. The van der Waals surface area contributed by atoms with Crippen LogP contribution in [0.15, 0.2) is 43.0 Å². The second-order valence-electron chi connectivity index (χ2n) is 4.56. The van der Waals surface area contributed by atoms with Crippen LogP contribution in [0.2, 0.25) is 0 Å². The van der Waals surface area contributed by atoms with Crippen molar-refractivity contribution < 1.29 is 9.53 Å². The van der Waals surface area contributed by atoms with Crippen LogP contribution in [-0.4, -0.2) is 43.2 Å². The molecule has 1 amide bonds. The van der Waals surface area contributed by atoms with E-state index in [9.17, 15) is 4.79 Å². The van der Waals surface area contributed by atoms with Gasteiger partial charge in [0.15, 0.2) is 0 Å². The molecule has 1 aliphatic rings. The molecular weight excluding hydrogens is 276 g/mol. The Morgan fingerprint density at radius 2 is 2.20 bits per heavy atom. The molecule has 5 heteroatoms. The third kappa shape index (κ3) is 4.63. The zero-order chi connectivity index (χ0) is 13.5. The van der Waals surface area contributed by atoms with Crippen molar-refractivity contribution >= 4 is 18.3 Å². The highest BCUT2D eigenvalue weighted by atomic mass is 35.5. The smallest absolute Gasteiger partial charge is 0.253 e. The molecule has 20 heavy (non-hydrogen) atoms. The number of benzene rings is 1. The summed E-state index contributed by atoms with van der Waals surface area (Å²) in [5.41, 5.74) is 1.11. The maximum Gasteiger partial charge on any atom is 0.253 e. The standard InChI is InChI=1S/C15H20N2O2.ClH/c1-2-9-17(12-13-6-4-3-5-7-13)15(18)14-11-16-8-10-19-14;/h2-7,14,16H,1,8-12H2;1H. The number of nitrogens with zero attached hydrogens (tertiary/aromatic N) is 1. The Hall–Kier alpha value is -1.36. The van der Waals surface area contributed by atoms with E-state index in [1.165, 1.54) is 0 Å². The molecule has 0 bridgehead atoms. The van der Waals surface area contributed by atoms with E-state index in [0.29, 0.717) is 26.2 Å². The Bertz CT molecular complexity index is 419. The first-order chi connectivity index (χ1) is 9.31. The van der Waals surface area contributed by atoms with Gasteiger partial charge in [-0.15, -0.1) is 19.0 Å². The van der Waals surface area contributed by atoms with Crippen molar-refractivity contribution in [1.29, 1.82) is 0 Å². The van der Waals surface area contributed by atoms with E-state index >= 15 is 0 Å². The lowest BCUT2D eigenvalue weighted by atomic mass is 10.2. The molecule has 110 valence electrons. The molecule has 1 atom stereocenters.